The second-order valence-electron chi connectivity index (χ2n) is 5.36. The number of nitrogens with zero attached hydrogens (tertiary/aromatic N) is 4. The Morgan fingerprint density at radius 3 is 2.21 bits per heavy atom. The third-order valence-corrected chi connectivity index (χ3v) is 3.80. The Balaban J connectivity index is 1.85. The number of aromatic nitrogens is 3. The summed E-state index contributed by atoms with van der Waals surface area (Å²) in [5, 5.41) is 17.0. The van der Waals surface area contributed by atoms with Gasteiger partial charge in [0.2, 0.25) is 11.6 Å². The van der Waals surface area contributed by atoms with E-state index in [-0.39, 0.29) is 17.3 Å². The summed E-state index contributed by atoms with van der Waals surface area (Å²) in [5.74, 6) is -0.382. The third kappa shape index (κ3) is 5.51. The molecule has 0 atom stereocenters. The molecule has 3 rings (SSSR count). The molecule has 2 heterocycles. The summed E-state index contributed by atoms with van der Waals surface area (Å²) in [4.78, 5) is 22.7. The van der Waals surface area contributed by atoms with Crippen molar-refractivity contribution in [2.24, 2.45) is 0 Å². The summed E-state index contributed by atoms with van der Waals surface area (Å²) in [7, 11) is 0. The van der Waals surface area contributed by atoms with Gasteiger partial charge in [-0.15, -0.1) is 13.2 Å². The summed E-state index contributed by atoms with van der Waals surface area (Å²) >= 11 is 3.23. The number of hydrogen-bond acceptors (Lipinski definition) is 8. The van der Waals surface area contributed by atoms with E-state index in [4.69, 9.17) is 0 Å². The quantitative estimate of drug-likeness (QED) is 0.384. The highest BCUT2D eigenvalue weighted by molar-refractivity contribution is 9.10. The van der Waals surface area contributed by atoms with Crippen molar-refractivity contribution in [3.8, 4) is 5.75 Å². The van der Waals surface area contributed by atoms with Crippen molar-refractivity contribution in [2.75, 3.05) is 10.6 Å². The van der Waals surface area contributed by atoms with Crippen molar-refractivity contribution in [1.29, 1.82) is 0 Å². The Morgan fingerprint density at radius 1 is 1.00 bits per heavy atom. The normalized spacial score (nSPS) is 11.0. The highest BCUT2D eigenvalue weighted by Crippen LogP contribution is 2.33. The maximum atomic E-state index is 12.2. The molecule has 0 amide bonds. The zero-order valence-corrected chi connectivity index (χ0v) is 15.7. The van der Waals surface area contributed by atoms with Crippen LogP contribution in [0.4, 0.5) is 42.0 Å². The van der Waals surface area contributed by atoms with Crippen molar-refractivity contribution < 1.29 is 22.8 Å². The highest BCUT2D eigenvalue weighted by atomic mass is 79.9. The molecule has 0 radical (unpaired) electrons. The van der Waals surface area contributed by atoms with Crippen LogP contribution >= 0.6 is 15.9 Å². The molecule has 29 heavy (non-hydrogen) atoms. The topological polar surface area (TPSA) is 115 Å². The minimum atomic E-state index is -4.82. The Kier molecular flexibility index (Phi) is 5.77. The minimum Gasteiger partial charge on any atom is -0.406 e. The molecule has 0 aliphatic heterocycles. The summed E-state index contributed by atoms with van der Waals surface area (Å²) in [6.45, 7) is 0. The van der Waals surface area contributed by atoms with Crippen molar-refractivity contribution in [1.82, 2.24) is 15.0 Å². The van der Waals surface area contributed by atoms with E-state index in [9.17, 15) is 23.3 Å². The Hall–Kier alpha value is -3.48. The maximum absolute atomic E-state index is 12.2. The molecule has 150 valence electrons. The van der Waals surface area contributed by atoms with E-state index in [1.807, 2.05) is 0 Å². The molecule has 0 spiro atoms. The Morgan fingerprint density at radius 2 is 1.66 bits per heavy atom. The predicted molar refractivity (Wildman–Crippen MR) is 100 cm³/mol. The first-order chi connectivity index (χ1) is 13.7. The number of halogens is 4. The third-order valence-electron chi connectivity index (χ3n) is 3.33. The van der Waals surface area contributed by atoms with Gasteiger partial charge in [-0.05, 0) is 52.3 Å². The number of rotatable bonds is 6. The van der Waals surface area contributed by atoms with E-state index < -0.39 is 22.7 Å². The molecule has 0 aliphatic rings. The van der Waals surface area contributed by atoms with Gasteiger partial charge in [-0.25, -0.2) is 15.0 Å². The minimum absolute atomic E-state index is 0.112. The van der Waals surface area contributed by atoms with Gasteiger partial charge in [-0.2, -0.15) is 0 Å². The molecule has 0 saturated carbocycles. The molecular formula is C16H10BrF3N6O3. The van der Waals surface area contributed by atoms with Crippen LogP contribution in [-0.2, 0) is 0 Å². The zero-order chi connectivity index (χ0) is 21.0. The average molecular weight is 471 g/mol. The standard InChI is InChI=1S/C16H10BrF3N6O3/c17-9-1-6-12(21-7-9)25-15-13(26(27)28)14(22-8-23-15)24-10-2-4-11(5-3-10)29-16(18,19)20/h1-8H,(H2,21,22,23,24,25). The monoisotopic (exact) mass is 470 g/mol. The van der Waals surface area contributed by atoms with Crippen LogP contribution in [0.25, 0.3) is 0 Å². The van der Waals surface area contributed by atoms with Gasteiger partial charge in [0.25, 0.3) is 0 Å². The SMILES string of the molecule is O=[N+]([O-])c1c(Nc2ccc(OC(F)(F)F)cc2)ncnc1Nc1ccc(Br)cn1. The average Bonchev–Trinajstić information content (AvgIpc) is 2.64. The van der Waals surface area contributed by atoms with Gasteiger partial charge in [0, 0.05) is 16.4 Å². The molecule has 0 bridgehead atoms. The molecule has 9 nitrogen and oxygen atoms in total. The van der Waals surface area contributed by atoms with Crippen LogP contribution in [0.1, 0.15) is 0 Å². The number of alkyl halides is 3. The molecule has 2 aromatic heterocycles. The smallest absolute Gasteiger partial charge is 0.406 e. The summed E-state index contributed by atoms with van der Waals surface area (Å²) in [6, 6.07) is 7.92. The molecule has 3 aromatic rings. The fourth-order valence-corrected chi connectivity index (χ4v) is 2.42. The lowest BCUT2D eigenvalue weighted by Gasteiger charge is -2.11. The number of nitrogens with one attached hydrogen (secondary N) is 2. The summed E-state index contributed by atoms with van der Waals surface area (Å²) in [6.07, 6.45) is -2.22. The van der Waals surface area contributed by atoms with Crippen molar-refractivity contribution in [3.63, 3.8) is 0 Å². The fraction of sp³-hybridized carbons (Fsp3) is 0.0625. The van der Waals surface area contributed by atoms with Gasteiger partial charge < -0.3 is 15.4 Å². The lowest BCUT2D eigenvalue weighted by Crippen LogP contribution is -2.17. The van der Waals surface area contributed by atoms with Gasteiger partial charge in [-0.1, -0.05) is 0 Å². The first-order valence-electron chi connectivity index (χ1n) is 7.72. The first kappa shape index (κ1) is 20.3. The van der Waals surface area contributed by atoms with E-state index >= 15 is 0 Å². The van der Waals surface area contributed by atoms with Crippen molar-refractivity contribution in [3.05, 3.63) is 63.5 Å². The van der Waals surface area contributed by atoms with Gasteiger partial charge in [0.05, 0.1) is 4.92 Å². The number of anilines is 4. The van der Waals surface area contributed by atoms with Gasteiger partial charge in [0.1, 0.15) is 17.9 Å². The van der Waals surface area contributed by atoms with Crippen LogP contribution in [0.3, 0.4) is 0 Å². The van der Waals surface area contributed by atoms with Crippen LogP contribution in [0.15, 0.2) is 53.4 Å². The maximum Gasteiger partial charge on any atom is 0.573 e. The van der Waals surface area contributed by atoms with E-state index in [0.717, 1.165) is 22.9 Å². The highest BCUT2D eigenvalue weighted by Gasteiger charge is 2.31. The predicted octanol–water partition coefficient (Wildman–Crippen LogP) is 4.93. The van der Waals surface area contributed by atoms with Crippen LogP contribution in [0.5, 0.6) is 5.75 Å². The van der Waals surface area contributed by atoms with Crippen LogP contribution in [0.2, 0.25) is 0 Å². The Bertz CT molecular complexity index is 1020. The second-order valence-corrected chi connectivity index (χ2v) is 6.28. The number of benzene rings is 1. The van der Waals surface area contributed by atoms with E-state index in [2.05, 4.69) is 46.3 Å². The van der Waals surface area contributed by atoms with Gasteiger partial charge in [-0.3, -0.25) is 10.1 Å². The first-order valence-corrected chi connectivity index (χ1v) is 8.51. The van der Waals surface area contributed by atoms with Gasteiger partial charge in [0.15, 0.2) is 0 Å². The number of nitro groups is 1. The van der Waals surface area contributed by atoms with E-state index in [1.165, 1.54) is 18.3 Å². The molecule has 1 aromatic carbocycles. The van der Waals surface area contributed by atoms with E-state index in [0.29, 0.717) is 5.82 Å². The van der Waals surface area contributed by atoms with Crippen LogP contribution < -0.4 is 15.4 Å². The molecular weight excluding hydrogens is 461 g/mol. The summed E-state index contributed by atoms with van der Waals surface area (Å²) in [5.41, 5.74) is -0.207. The largest absolute Gasteiger partial charge is 0.573 e. The summed E-state index contributed by atoms with van der Waals surface area (Å²) < 4.78 is 41.2. The molecule has 0 fully saturated rings. The lowest BCUT2D eigenvalue weighted by molar-refractivity contribution is -0.383. The van der Waals surface area contributed by atoms with E-state index in [1.54, 1.807) is 12.1 Å². The molecule has 13 heteroatoms. The van der Waals surface area contributed by atoms with Crippen LogP contribution in [-0.4, -0.2) is 26.2 Å². The molecule has 0 unspecified atom stereocenters. The van der Waals surface area contributed by atoms with Crippen molar-refractivity contribution >= 4 is 44.8 Å². The molecule has 0 aliphatic carbocycles. The second kappa shape index (κ2) is 8.26. The number of ether oxygens (including phenoxy) is 1. The van der Waals surface area contributed by atoms with Crippen molar-refractivity contribution in [2.45, 2.75) is 6.36 Å². The lowest BCUT2D eigenvalue weighted by atomic mass is 10.3. The van der Waals surface area contributed by atoms with Crippen LogP contribution in [0, 0.1) is 10.1 Å². The Labute approximate surface area is 169 Å². The molecule has 2 N–H and O–H groups in total. The fourth-order valence-electron chi connectivity index (χ4n) is 2.18. The van der Waals surface area contributed by atoms with Gasteiger partial charge >= 0.3 is 12.0 Å². The number of hydrogen-bond donors (Lipinski definition) is 2. The zero-order valence-electron chi connectivity index (χ0n) is 14.1. The molecule has 0 saturated heterocycles. The number of pyridine rings is 1.